The normalized spacial score (nSPS) is 15.3. The van der Waals surface area contributed by atoms with Gasteiger partial charge in [0.2, 0.25) is 0 Å². The van der Waals surface area contributed by atoms with Crippen LogP contribution in [0.1, 0.15) is 37.9 Å². The lowest BCUT2D eigenvalue weighted by Gasteiger charge is -2.24. The molecular formula is C26H24N2O6S. The molecule has 1 aliphatic rings. The number of esters is 2. The number of para-hydroxylation sites is 1. The third-order valence-corrected chi connectivity index (χ3v) is 6.38. The highest BCUT2D eigenvalue weighted by Crippen LogP contribution is 2.31. The van der Waals surface area contributed by atoms with Crippen LogP contribution < -0.4 is 24.4 Å². The topological polar surface area (TPSA) is 96.2 Å². The molecule has 0 bridgehead atoms. The maximum Gasteiger partial charge on any atom is 0.338 e. The molecular weight excluding hydrogens is 468 g/mol. The van der Waals surface area contributed by atoms with Gasteiger partial charge in [-0.1, -0.05) is 41.7 Å². The Morgan fingerprint density at radius 3 is 2.51 bits per heavy atom. The van der Waals surface area contributed by atoms with E-state index in [1.54, 1.807) is 51.3 Å². The average molecular weight is 493 g/mol. The van der Waals surface area contributed by atoms with Crippen LogP contribution in [-0.4, -0.2) is 30.2 Å². The number of fused-ring (bicyclic) bond motifs is 1. The second-order valence-electron chi connectivity index (χ2n) is 7.71. The summed E-state index contributed by atoms with van der Waals surface area (Å²) in [6.07, 6.45) is 1.76. The zero-order valence-electron chi connectivity index (χ0n) is 19.7. The smallest absolute Gasteiger partial charge is 0.338 e. The Morgan fingerprint density at radius 1 is 1.14 bits per heavy atom. The highest BCUT2D eigenvalue weighted by Gasteiger charge is 2.33. The molecule has 180 valence electrons. The van der Waals surface area contributed by atoms with Crippen LogP contribution in [0.3, 0.4) is 0 Å². The van der Waals surface area contributed by atoms with E-state index in [2.05, 4.69) is 4.99 Å². The Labute approximate surface area is 205 Å². The first kappa shape index (κ1) is 24.2. The van der Waals surface area contributed by atoms with E-state index >= 15 is 0 Å². The SMILES string of the molecule is CCOC(=O)C1=C(C)N=c2sc(=Cc3ccccc3OC)c(=O)n2[C@@H]1c1ccc(OC(C)=O)cc1. The molecule has 0 radical (unpaired) electrons. The molecule has 0 amide bonds. The van der Waals surface area contributed by atoms with Crippen LogP contribution in [0.4, 0.5) is 0 Å². The minimum atomic E-state index is -0.753. The first-order valence-electron chi connectivity index (χ1n) is 10.9. The first-order valence-corrected chi connectivity index (χ1v) is 11.8. The summed E-state index contributed by atoms with van der Waals surface area (Å²) in [7, 11) is 1.57. The predicted molar refractivity (Wildman–Crippen MR) is 131 cm³/mol. The quantitative estimate of drug-likeness (QED) is 0.388. The number of carbonyl (C=O) groups excluding carboxylic acids is 2. The number of benzene rings is 2. The summed E-state index contributed by atoms with van der Waals surface area (Å²) in [4.78, 5) is 42.9. The lowest BCUT2D eigenvalue weighted by Crippen LogP contribution is -2.39. The van der Waals surface area contributed by atoms with Crippen molar-refractivity contribution in [3.05, 3.63) is 90.6 Å². The fraction of sp³-hybridized carbons (Fsp3) is 0.231. The summed E-state index contributed by atoms with van der Waals surface area (Å²) in [5.74, 6) is 0.0226. The van der Waals surface area contributed by atoms with E-state index in [0.29, 0.717) is 32.1 Å². The van der Waals surface area contributed by atoms with E-state index in [-0.39, 0.29) is 17.7 Å². The van der Waals surface area contributed by atoms with Gasteiger partial charge in [0.05, 0.1) is 35.6 Å². The Bertz CT molecular complexity index is 1500. The zero-order valence-corrected chi connectivity index (χ0v) is 20.5. The van der Waals surface area contributed by atoms with Gasteiger partial charge in [0, 0.05) is 12.5 Å². The van der Waals surface area contributed by atoms with Crippen LogP contribution in [0.15, 0.2) is 69.6 Å². The standard InChI is InChI=1S/C26H24N2O6S/c1-5-33-25(31)22-15(2)27-26-28(23(22)17-10-12-19(13-11-17)34-16(3)29)24(30)21(35-26)14-18-8-6-7-9-20(18)32-4/h6-14,23H,5H2,1-4H3/t23-/m1/s1. The van der Waals surface area contributed by atoms with Crippen molar-refractivity contribution in [2.24, 2.45) is 4.99 Å². The summed E-state index contributed by atoms with van der Waals surface area (Å²) in [5, 5.41) is 0. The van der Waals surface area contributed by atoms with E-state index in [9.17, 15) is 14.4 Å². The number of hydrogen-bond donors (Lipinski definition) is 0. The van der Waals surface area contributed by atoms with E-state index in [1.807, 2.05) is 24.3 Å². The van der Waals surface area contributed by atoms with Crippen molar-refractivity contribution < 1.29 is 23.8 Å². The monoisotopic (exact) mass is 492 g/mol. The van der Waals surface area contributed by atoms with Gasteiger partial charge in [0.25, 0.3) is 5.56 Å². The summed E-state index contributed by atoms with van der Waals surface area (Å²) >= 11 is 1.23. The second kappa shape index (κ2) is 10.1. The van der Waals surface area contributed by atoms with Crippen LogP contribution in [0, 0.1) is 0 Å². The van der Waals surface area contributed by atoms with Crippen molar-refractivity contribution in [3.63, 3.8) is 0 Å². The minimum Gasteiger partial charge on any atom is -0.496 e. The number of thiazole rings is 1. The van der Waals surface area contributed by atoms with Crippen molar-refractivity contribution in [2.45, 2.75) is 26.8 Å². The molecule has 1 atom stereocenters. The third kappa shape index (κ3) is 4.81. The van der Waals surface area contributed by atoms with Crippen LogP contribution in [0.5, 0.6) is 11.5 Å². The van der Waals surface area contributed by atoms with Crippen molar-refractivity contribution in [1.29, 1.82) is 0 Å². The van der Waals surface area contributed by atoms with Gasteiger partial charge in [-0.05, 0) is 43.7 Å². The highest BCUT2D eigenvalue weighted by molar-refractivity contribution is 7.07. The number of hydrogen-bond acceptors (Lipinski definition) is 8. The van der Waals surface area contributed by atoms with E-state index in [0.717, 1.165) is 5.56 Å². The van der Waals surface area contributed by atoms with Crippen molar-refractivity contribution >= 4 is 29.4 Å². The summed E-state index contributed by atoms with van der Waals surface area (Å²) in [6, 6.07) is 13.3. The molecule has 9 heteroatoms. The molecule has 1 aliphatic heterocycles. The lowest BCUT2D eigenvalue weighted by molar-refractivity contribution is -0.139. The van der Waals surface area contributed by atoms with Crippen LogP contribution in [0.25, 0.3) is 6.08 Å². The number of carbonyl (C=O) groups is 2. The van der Waals surface area contributed by atoms with Crippen LogP contribution in [-0.2, 0) is 14.3 Å². The van der Waals surface area contributed by atoms with Gasteiger partial charge >= 0.3 is 11.9 Å². The number of nitrogens with zero attached hydrogens (tertiary/aromatic N) is 2. The van der Waals surface area contributed by atoms with Gasteiger partial charge in [0.1, 0.15) is 11.5 Å². The average Bonchev–Trinajstić information content (AvgIpc) is 3.13. The molecule has 2 aromatic carbocycles. The van der Waals surface area contributed by atoms with Gasteiger partial charge in [-0.3, -0.25) is 14.2 Å². The molecule has 0 unspecified atom stereocenters. The van der Waals surface area contributed by atoms with E-state index in [1.165, 1.54) is 22.8 Å². The van der Waals surface area contributed by atoms with Crippen molar-refractivity contribution in [3.8, 4) is 11.5 Å². The Balaban J connectivity index is 1.92. The maximum absolute atomic E-state index is 13.6. The lowest BCUT2D eigenvalue weighted by atomic mass is 9.96. The molecule has 0 spiro atoms. The largest absolute Gasteiger partial charge is 0.496 e. The van der Waals surface area contributed by atoms with Gasteiger partial charge in [-0.25, -0.2) is 9.79 Å². The Morgan fingerprint density at radius 2 is 1.86 bits per heavy atom. The van der Waals surface area contributed by atoms with Gasteiger partial charge in [-0.15, -0.1) is 0 Å². The second-order valence-corrected chi connectivity index (χ2v) is 8.72. The van der Waals surface area contributed by atoms with Gasteiger partial charge in [0.15, 0.2) is 4.80 Å². The van der Waals surface area contributed by atoms with Gasteiger partial charge in [-0.2, -0.15) is 0 Å². The van der Waals surface area contributed by atoms with E-state index < -0.39 is 18.0 Å². The predicted octanol–water partition coefficient (Wildman–Crippen LogP) is 2.73. The molecule has 0 saturated carbocycles. The fourth-order valence-corrected chi connectivity index (χ4v) is 4.96. The van der Waals surface area contributed by atoms with Crippen molar-refractivity contribution in [1.82, 2.24) is 4.57 Å². The maximum atomic E-state index is 13.6. The molecule has 1 aromatic heterocycles. The molecule has 0 aliphatic carbocycles. The summed E-state index contributed by atoms with van der Waals surface area (Å²) in [5.41, 5.74) is 1.88. The number of aromatic nitrogens is 1. The molecule has 35 heavy (non-hydrogen) atoms. The Hall–Kier alpha value is -3.98. The van der Waals surface area contributed by atoms with Crippen molar-refractivity contribution in [2.75, 3.05) is 13.7 Å². The number of ether oxygens (including phenoxy) is 3. The fourth-order valence-electron chi connectivity index (χ4n) is 3.92. The summed E-state index contributed by atoms with van der Waals surface area (Å²) < 4.78 is 17.8. The molecule has 0 fully saturated rings. The molecule has 0 N–H and O–H groups in total. The third-order valence-electron chi connectivity index (χ3n) is 5.40. The number of allylic oxidation sites excluding steroid dienone is 1. The summed E-state index contributed by atoms with van der Waals surface area (Å²) in [6.45, 7) is 4.95. The Kier molecular flexibility index (Phi) is 6.97. The molecule has 3 aromatic rings. The van der Waals surface area contributed by atoms with Crippen LogP contribution >= 0.6 is 11.3 Å². The minimum absolute atomic E-state index is 0.186. The van der Waals surface area contributed by atoms with Gasteiger partial charge < -0.3 is 14.2 Å². The molecule has 0 saturated heterocycles. The first-order chi connectivity index (χ1) is 16.8. The zero-order chi connectivity index (χ0) is 25.1. The van der Waals surface area contributed by atoms with E-state index in [4.69, 9.17) is 14.2 Å². The highest BCUT2D eigenvalue weighted by atomic mass is 32.1. The molecule has 2 heterocycles. The number of methoxy groups -OCH3 is 1. The number of rotatable bonds is 6. The molecule has 8 nitrogen and oxygen atoms in total. The molecule has 4 rings (SSSR count). The van der Waals surface area contributed by atoms with Crippen LogP contribution in [0.2, 0.25) is 0 Å².